The normalized spacial score (nSPS) is 18.0. The van der Waals surface area contributed by atoms with E-state index in [0.717, 1.165) is 12.8 Å². The highest BCUT2D eigenvalue weighted by atomic mass is 32.2. The van der Waals surface area contributed by atoms with Crippen LogP contribution in [0.4, 0.5) is 0 Å². The van der Waals surface area contributed by atoms with Crippen LogP contribution in [0.15, 0.2) is 0 Å². The summed E-state index contributed by atoms with van der Waals surface area (Å²) in [6, 6.07) is 0. The molecule has 0 aliphatic rings. The summed E-state index contributed by atoms with van der Waals surface area (Å²) in [5.41, 5.74) is 0. The topological polar surface area (TPSA) is 23.1 Å². The molecule has 0 rings (SSSR count). The number of hydrogen-bond donors (Lipinski definition) is 0. The Morgan fingerprint density at radius 2 is 2.25 bits per heavy atom. The van der Waals surface area contributed by atoms with Gasteiger partial charge in [0.25, 0.3) is 0 Å². The quantitative estimate of drug-likeness (QED) is 0.533. The molecule has 0 aromatic rings. The molecule has 2 heteroatoms. The SMILES string of the molecule is [CH2]C(CCC)[S+](C)[O-]. The first kappa shape index (κ1) is 8.31. The second kappa shape index (κ2) is 4.21. The Labute approximate surface area is 54.7 Å². The molecule has 0 bridgehead atoms. The van der Waals surface area contributed by atoms with Gasteiger partial charge in [0.15, 0.2) is 0 Å². The predicted octanol–water partition coefficient (Wildman–Crippen LogP) is 1.37. The van der Waals surface area contributed by atoms with Crippen LogP contribution in [0.3, 0.4) is 0 Å². The van der Waals surface area contributed by atoms with Crippen LogP contribution in [0, 0.1) is 6.92 Å². The van der Waals surface area contributed by atoms with Crippen LogP contribution in [0.5, 0.6) is 0 Å². The molecule has 0 amide bonds. The third-order valence-corrected chi connectivity index (χ3v) is 2.25. The summed E-state index contributed by atoms with van der Waals surface area (Å²) in [6.07, 6.45) is 3.75. The standard InChI is InChI=1S/C6H13OS/c1-4-5-6(2)8(3)7/h6H,2,4-5H2,1,3H3. The van der Waals surface area contributed by atoms with E-state index in [9.17, 15) is 4.55 Å². The van der Waals surface area contributed by atoms with Gasteiger partial charge in [0.05, 0.1) is 6.26 Å². The molecule has 0 fully saturated rings. The summed E-state index contributed by atoms with van der Waals surface area (Å²) in [6.45, 7) is 5.80. The Balaban J connectivity index is 3.17. The molecule has 49 valence electrons. The van der Waals surface area contributed by atoms with Crippen LogP contribution >= 0.6 is 0 Å². The minimum Gasteiger partial charge on any atom is -0.616 e. The fraction of sp³-hybridized carbons (Fsp3) is 0.833. The summed E-state index contributed by atoms with van der Waals surface area (Å²) in [5, 5.41) is 0.139. The summed E-state index contributed by atoms with van der Waals surface area (Å²) >= 11 is -0.721. The van der Waals surface area contributed by atoms with Crippen molar-refractivity contribution in [1.82, 2.24) is 0 Å². The van der Waals surface area contributed by atoms with E-state index in [1.807, 2.05) is 0 Å². The van der Waals surface area contributed by atoms with E-state index in [-0.39, 0.29) is 5.25 Å². The molecule has 0 aliphatic carbocycles. The molecular weight excluding hydrogens is 120 g/mol. The van der Waals surface area contributed by atoms with Gasteiger partial charge in [-0.3, -0.25) is 0 Å². The molecule has 0 aliphatic heterocycles. The van der Waals surface area contributed by atoms with E-state index in [0.29, 0.717) is 0 Å². The molecule has 0 N–H and O–H groups in total. The smallest absolute Gasteiger partial charge is 0.115 e. The molecule has 1 radical (unpaired) electrons. The van der Waals surface area contributed by atoms with Gasteiger partial charge in [0.1, 0.15) is 5.25 Å². The summed E-state index contributed by atoms with van der Waals surface area (Å²) in [4.78, 5) is 0. The summed E-state index contributed by atoms with van der Waals surface area (Å²) < 4.78 is 10.6. The van der Waals surface area contributed by atoms with Crippen LogP contribution in [-0.2, 0) is 11.2 Å². The third-order valence-electron chi connectivity index (χ3n) is 1.08. The average Bonchev–Trinajstić information content (AvgIpc) is 1.67. The number of hydrogen-bond acceptors (Lipinski definition) is 1. The zero-order valence-electron chi connectivity index (χ0n) is 5.52. The average molecular weight is 133 g/mol. The Kier molecular flexibility index (Phi) is 4.38. The molecule has 0 spiro atoms. The lowest BCUT2D eigenvalue weighted by molar-refractivity contribution is 0.587. The fourth-order valence-electron chi connectivity index (χ4n) is 0.488. The second-order valence-electron chi connectivity index (χ2n) is 1.91. The van der Waals surface area contributed by atoms with Gasteiger partial charge in [-0.1, -0.05) is 24.5 Å². The van der Waals surface area contributed by atoms with Crippen molar-refractivity contribution in [2.24, 2.45) is 0 Å². The van der Waals surface area contributed by atoms with E-state index in [1.54, 1.807) is 6.26 Å². The number of rotatable bonds is 3. The van der Waals surface area contributed by atoms with Gasteiger partial charge in [-0.2, -0.15) is 0 Å². The third kappa shape index (κ3) is 3.33. The Morgan fingerprint density at radius 3 is 2.38 bits per heavy atom. The van der Waals surface area contributed by atoms with Crippen LogP contribution < -0.4 is 0 Å². The highest BCUT2D eigenvalue weighted by Crippen LogP contribution is 2.04. The zero-order valence-corrected chi connectivity index (χ0v) is 6.33. The van der Waals surface area contributed by atoms with Gasteiger partial charge >= 0.3 is 0 Å². The van der Waals surface area contributed by atoms with Crippen LogP contribution in [-0.4, -0.2) is 16.1 Å². The molecule has 0 saturated heterocycles. The zero-order chi connectivity index (χ0) is 6.57. The molecule has 0 aromatic carbocycles. The van der Waals surface area contributed by atoms with Crippen molar-refractivity contribution in [2.75, 3.05) is 6.26 Å². The van der Waals surface area contributed by atoms with Crippen molar-refractivity contribution < 1.29 is 4.55 Å². The molecule has 2 atom stereocenters. The van der Waals surface area contributed by atoms with E-state index in [4.69, 9.17) is 0 Å². The minimum atomic E-state index is -0.721. The maximum Gasteiger partial charge on any atom is 0.115 e. The van der Waals surface area contributed by atoms with Crippen LogP contribution in [0.1, 0.15) is 19.8 Å². The highest BCUT2D eigenvalue weighted by Gasteiger charge is 2.08. The summed E-state index contributed by atoms with van der Waals surface area (Å²) in [5.74, 6) is 0. The molecule has 0 aromatic heterocycles. The van der Waals surface area contributed by atoms with E-state index in [1.165, 1.54) is 0 Å². The van der Waals surface area contributed by atoms with Crippen molar-refractivity contribution in [3.05, 3.63) is 6.92 Å². The first-order valence-corrected chi connectivity index (χ1v) is 4.46. The summed E-state index contributed by atoms with van der Waals surface area (Å²) in [7, 11) is 0. The van der Waals surface area contributed by atoms with Gasteiger partial charge in [0.2, 0.25) is 0 Å². The second-order valence-corrected chi connectivity index (χ2v) is 3.57. The maximum absolute atomic E-state index is 10.6. The minimum absolute atomic E-state index is 0.139. The predicted molar refractivity (Wildman–Crippen MR) is 38.1 cm³/mol. The van der Waals surface area contributed by atoms with Gasteiger partial charge < -0.3 is 4.55 Å². The lowest BCUT2D eigenvalue weighted by Crippen LogP contribution is -2.15. The Morgan fingerprint density at radius 1 is 1.75 bits per heavy atom. The fourth-order valence-corrected chi connectivity index (χ4v) is 1.06. The highest BCUT2D eigenvalue weighted by molar-refractivity contribution is 7.91. The monoisotopic (exact) mass is 133 g/mol. The molecule has 8 heavy (non-hydrogen) atoms. The van der Waals surface area contributed by atoms with Gasteiger partial charge in [0, 0.05) is 0 Å². The van der Waals surface area contributed by atoms with Crippen LogP contribution in [0.25, 0.3) is 0 Å². The van der Waals surface area contributed by atoms with E-state index < -0.39 is 11.2 Å². The van der Waals surface area contributed by atoms with E-state index >= 15 is 0 Å². The van der Waals surface area contributed by atoms with Crippen molar-refractivity contribution in [1.29, 1.82) is 0 Å². The van der Waals surface area contributed by atoms with E-state index in [2.05, 4.69) is 13.8 Å². The van der Waals surface area contributed by atoms with Crippen molar-refractivity contribution in [3.63, 3.8) is 0 Å². The molecule has 2 unspecified atom stereocenters. The first-order chi connectivity index (χ1) is 3.68. The Hall–Kier alpha value is 0.310. The van der Waals surface area contributed by atoms with Gasteiger partial charge in [-0.25, -0.2) is 0 Å². The van der Waals surface area contributed by atoms with Crippen molar-refractivity contribution in [2.45, 2.75) is 25.0 Å². The van der Waals surface area contributed by atoms with Crippen molar-refractivity contribution >= 4 is 11.2 Å². The molecule has 0 saturated carbocycles. The van der Waals surface area contributed by atoms with Crippen LogP contribution in [0.2, 0.25) is 0 Å². The Bertz CT molecular complexity index is 54.5. The molecular formula is C6H13OS. The first-order valence-electron chi connectivity index (χ1n) is 2.83. The molecule has 0 heterocycles. The van der Waals surface area contributed by atoms with Gasteiger partial charge in [-0.05, 0) is 13.3 Å². The maximum atomic E-state index is 10.6. The lowest BCUT2D eigenvalue weighted by atomic mass is 10.3. The largest absolute Gasteiger partial charge is 0.616 e. The lowest BCUT2D eigenvalue weighted by Gasteiger charge is -2.11. The molecule has 1 nitrogen and oxygen atoms in total. The van der Waals surface area contributed by atoms with Crippen molar-refractivity contribution in [3.8, 4) is 0 Å². The van der Waals surface area contributed by atoms with Gasteiger partial charge in [-0.15, -0.1) is 0 Å².